The summed E-state index contributed by atoms with van der Waals surface area (Å²) in [4.78, 5) is 18.4. The fourth-order valence-corrected chi connectivity index (χ4v) is 3.89. The van der Waals surface area contributed by atoms with Crippen LogP contribution in [-0.4, -0.2) is 51.7 Å². The Hall–Kier alpha value is -1.38. The molecule has 24 heavy (non-hydrogen) atoms. The maximum atomic E-state index is 12.0. The lowest BCUT2D eigenvalue weighted by atomic mass is 9.99. The fraction of sp³-hybridized carbons (Fsp3) is 0.600. The van der Waals surface area contributed by atoms with Crippen molar-refractivity contribution in [1.82, 2.24) is 15.0 Å². The van der Waals surface area contributed by atoms with Gasteiger partial charge in [0, 0.05) is 32.4 Å². The number of amides is 1. The molecule has 1 aliphatic rings. The molecule has 1 aromatic rings. The van der Waals surface area contributed by atoms with E-state index in [2.05, 4.69) is 21.9 Å². The van der Waals surface area contributed by atoms with E-state index in [1.165, 1.54) is 6.26 Å². The van der Waals surface area contributed by atoms with Gasteiger partial charge in [-0.05, 0) is 24.5 Å². The van der Waals surface area contributed by atoms with Gasteiger partial charge >= 0.3 is 0 Å². The van der Waals surface area contributed by atoms with Crippen LogP contribution in [0.3, 0.4) is 0 Å². The Labute approximate surface area is 149 Å². The minimum absolute atomic E-state index is 0. The van der Waals surface area contributed by atoms with Gasteiger partial charge in [-0.1, -0.05) is 13.3 Å². The monoisotopic (exact) mass is 376 g/mol. The third-order valence-corrected chi connectivity index (χ3v) is 4.75. The molecule has 136 valence electrons. The number of carbonyl (C=O) groups is 1. The maximum absolute atomic E-state index is 12.0. The number of halogens is 1. The third kappa shape index (κ3) is 5.06. The van der Waals surface area contributed by atoms with Gasteiger partial charge in [0.05, 0.1) is 11.8 Å². The molecule has 2 atom stereocenters. The van der Waals surface area contributed by atoms with E-state index in [-0.39, 0.29) is 30.3 Å². The van der Waals surface area contributed by atoms with Crippen molar-refractivity contribution in [2.75, 3.05) is 31.3 Å². The van der Waals surface area contributed by atoms with Crippen LogP contribution in [0.2, 0.25) is 0 Å². The molecule has 2 rings (SSSR count). The molecule has 0 bridgehead atoms. The highest BCUT2D eigenvalue weighted by molar-refractivity contribution is 7.88. The summed E-state index contributed by atoms with van der Waals surface area (Å²) < 4.78 is 25.9. The van der Waals surface area contributed by atoms with E-state index in [0.29, 0.717) is 24.5 Å². The van der Waals surface area contributed by atoms with Crippen LogP contribution in [-0.2, 0) is 10.0 Å². The van der Waals surface area contributed by atoms with Crippen molar-refractivity contribution in [1.29, 1.82) is 0 Å². The standard InChI is InChI=1S/C15H24N4O3S.ClH/c1-4-6-11-9-19(10-13(11)18-23(3,21)22)14-12(15(20)16-2)7-5-8-17-14;/h5,7-8,11,13,18H,4,6,9-10H2,1-3H3,(H,16,20);1H/t11-,13-;/m0./s1. The van der Waals surface area contributed by atoms with Crippen molar-refractivity contribution in [3.63, 3.8) is 0 Å². The van der Waals surface area contributed by atoms with Crippen molar-refractivity contribution in [2.45, 2.75) is 25.8 Å². The van der Waals surface area contributed by atoms with Gasteiger partial charge in [0.2, 0.25) is 10.0 Å². The van der Waals surface area contributed by atoms with E-state index < -0.39 is 10.0 Å². The SMILES string of the molecule is CCC[C@H]1CN(c2ncccc2C(=O)NC)C[C@@H]1NS(C)(=O)=O.Cl. The van der Waals surface area contributed by atoms with Crippen molar-refractivity contribution >= 4 is 34.2 Å². The molecule has 0 saturated carbocycles. The van der Waals surface area contributed by atoms with Crippen LogP contribution in [0.1, 0.15) is 30.1 Å². The van der Waals surface area contributed by atoms with Crippen LogP contribution < -0.4 is 14.9 Å². The molecule has 2 N–H and O–H groups in total. The lowest BCUT2D eigenvalue weighted by Crippen LogP contribution is -2.40. The number of aromatic nitrogens is 1. The van der Waals surface area contributed by atoms with Crippen LogP contribution in [0.4, 0.5) is 5.82 Å². The Morgan fingerprint density at radius 2 is 2.12 bits per heavy atom. The summed E-state index contributed by atoms with van der Waals surface area (Å²) in [5, 5.41) is 2.61. The van der Waals surface area contributed by atoms with Crippen molar-refractivity contribution < 1.29 is 13.2 Å². The molecule has 1 aliphatic heterocycles. The van der Waals surface area contributed by atoms with Gasteiger partial charge in [-0.15, -0.1) is 12.4 Å². The zero-order chi connectivity index (χ0) is 17.0. The Bertz CT molecular complexity index is 668. The van der Waals surface area contributed by atoms with Gasteiger partial charge in [0.25, 0.3) is 5.91 Å². The Balaban J connectivity index is 0.00000288. The van der Waals surface area contributed by atoms with Gasteiger partial charge in [-0.25, -0.2) is 18.1 Å². The highest BCUT2D eigenvalue weighted by Crippen LogP contribution is 2.28. The first-order chi connectivity index (χ1) is 10.9. The second-order valence-electron chi connectivity index (χ2n) is 5.90. The zero-order valence-electron chi connectivity index (χ0n) is 14.2. The molecule has 1 amide bonds. The molecule has 0 aromatic carbocycles. The minimum Gasteiger partial charge on any atom is -0.355 e. The Kier molecular flexibility index (Phi) is 7.44. The van der Waals surface area contributed by atoms with E-state index in [1.54, 1.807) is 25.4 Å². The molecule has 9 heteroatoms. The number of nitrogens with one attached hydrogen (secondary N) is 2. The van der Waals surface area contributed by atoms with Gasteiger partial charge in [0.15, 0.2) is 0 Å². The predicted molar refractivity (Wildman–Crippen MR) is 97.3 cm³/mol. The van der Waals surface area contributed by atoms with Gasteiger partial charge in [-0.2, -0.15) is 0 Å². The summed E-state index contributed by atoms with van der Waals surface area (Å²) >= 11 is 0. The predicted octanol–water partition coefficient (Wildman–Crippen LogP) is 1.02. The quantitative estimate of drug-likeness (QED) is 0.773. The first-order valence-corrected chi connectivity index (χ1v) is 9.64. The molecular formula is C15H25ClN4O3S. The zero-order valence-corrected chi connectivity index (χ0v) is 15.8. The summed E-state index contributed by atoms with van der Waals surface area (Å²) in [5.41, 5.74) is 0.505. The number of rotatable bonds is 6. The summed E-state index contributed by atoms with van der Waals surface area (Å²) in [6.07, 6.45) is 4.72. The topological polar surface area (TPSA) is 91.4 Å². The largest absolute Gasteiger partial charge is 0.355 e. The molecule has 7 nitrogen and oxygen atoms in total. The van der Waals surface area contributed by atoms with Gasteiger partial charge < -0.3 is 10.2 Å². The molecule has 0 radical (unpaired) electrons. The Morgan fingerprint density at radius 3 is 2.71 bits per heavy atom. The maximum Gasteiger partial charge on any atom is 0.254 e. The van der Waals surface area contributed by atoms with E-state index >= 15 is 0 Å². The van der Waals surface area contributed by atoms with E-state index in [4.69, 9.17) is 0 Å². The normalized spacial score (nSPS) is 20.5. The summed E-state index contributed by atoms with van der Waals surface area (Å²) in [5.74, 6) is 0.611. The van der Waals surface area contributed by atoms with E-state index in [0.717, 1.165) is 12.8 Å². The molecular weight excluding hydrogens is 352 g/mol. The number of hydrogen-bond acceptors (Lipinski definition) is 5. The lowest BCUT2D eigenvalue weighted by Gasteiger charge is -2.20. The fourth-order valence-electron chi connectivity index (χ4n) is 3.08. The van der Waals surface area contributed by atoms with Gasteiger partial charge in [-0.3, -0.25) is 4.79 Å². The number of carbonyl (C=O) groups excluding carboxylic acids is 1. The Morgan fingerprint density at radius 1 is 1.42 bits per heavy atom. The molecule has 0 spiro atoms. The highest BCUT2D eigenvalue weighted by atomic mass is 35.5. The second kappa shape index (κ2) is 8.64. The molecule has 0 unspecified atom stereocenters. The molecule has 1 aromatic heterocycles. The highest BCUT2D eigenvalue weighted by Gasteiger charge is 2.35. The third-order valence-electron chi connectivity index (χ3n) is 4.02. The summed E-state index contributed by atoms with van der Waals surface area (Å²) in [6, 6.07) is 3.29. The molecule has 1 fully saturated rings. The van der Waals surface area contributed by atoms with Crippen LogP contribution in [0.5, 0.6) is 0 Å². The molecule has 2 heterocycles. The van der Waals surface area contributed by atoms with Crippen LogP contribution in [0.25, 0.3) is 0 Å². The number of sulfonamides is 1. The van der Waals surface area contributed by atoms with Crippen LogP contribution >= 0.6 is 12.4 Å². The number of anilines is 1. The van der Waals surface area contributed by atoms with E-state index in [9.17, 15) is 13.2 Å². The smallest absolute Gasteiger partial charge is 0.254 e. The number of nitrogens with zero attached hydrogens (tertiary/aromatic N) is 2. The first-order valence-electron chi connectivity index (χ1n) is 7.75. The minimum atomic E-state index is -3.27. The first kappa shape index (κ1) is 20.7. The number of pyridine rings is 1. The van der Waals surface area contributed by atoms with Crippen molar-refractivity contribution in [3.05, 3.63) is 23.9 Å². The van der Waals surface area contributed by atoms with E-state index in [1.807, 2.05) is 4.90 Å². The van der Waals surface area contributed by atoms with Gasteiger partial charge in [0.1, 0.15) is 5.82 Å². The van der Waals surface area contributed by atoms with Crippen molar-refractivity contribution in [3.8, 4) is 0 Å². The number of hydrogen-bond donors (Lipinski definition) is 2. The van der Waals surface area contributed by atoms with Crippen molar-refractivity contribution in [2.24, 2.45) is 5.92 Å². The lowest BCUT2D eigenvalue weighted by molar-refractivity contribution is 0.0963. The average molecular weight is 377 g/mol. The molecule has 0 aliphatic carbocycles. The molecule has 1 saturated heterocycles. The summed E-state index contributed by atoms with van der Waals surface area (Å²) in [7, 11) is -1.69. The van der Waals surface area contributed by atoms with Crippen LogP contribution in [0.15, 0.2) is 18.3 Å². The van der Waals surface area contributed by atoms with Crippen LogP contribution in [0, 0.1) is 5.92 Å². The average Bonchev–Trinajstić information content (AvgIpc) is 2.87. The summed E-state index contributed by atoms with van der Waals surface area (Å²) in [6.45, 7) is 3.28. The second-order valence-corrected chi connectivity index (χ2v) is 7.68.